The second-order valence-corrected chi connectivity index (χ2v) is 7.34. The molecule has 0 spiro atoms. The second-order valence-electron chi connectivity index (χ2n) is 6.31. The average Bonchev–Trinajstić information content (AvgIpc) is 3.19. The van der Waals surface area contributed by atoms with Crippen LogP contribution in [-0.2, 0) is 12.6 Å². The van der Waals surface area contributed by atoms with E-state index in [0.717, 1.165) is 35.7 Å². The van der Waals surface area contributed by atoms with Gasteiger partial charge in [-0.3, -0.25) is 15.1 Å². The minimum absolute atomic E-state index is 0.124. The van der Waals surface area contributed by atoms with Crippen LogP contribution in [0.1, 0.15) is 32.1 Å². The van der Waals surface area contributed by atoms with E-state index in [-0.39, 0.29) is 11.3 Å². The molecular formula is C21H14F4N4O2S. The summed E-state index contributed by atoms with van der Waals surface area (Å²) in [6.07, 6.45) is -2.68. The molecule has 3 aromatic rings. The van der Waals surface area contributed by atoms with Crippen molar-refractivity contribution in [2.24, 2.45) is 0 Å². The zero-order chi connectivity index (χ0) is 23.3. The van der Waals surface area contributed by atoms with Crippen LogP contribution in [0.2, 0.25) is 0 Å². The molecule has 3 rings (SSSR count). The lowest BCUT2D eigenvalue weighted by Gasteiger charge is -2.08. The predicted molar refractivity (Wildman–Crippen MR) is 110 cm³/mol. The number of halogens is 4. The number of alkyl halides is 3. The van der Waals surface area contributed by atoms with E-state index in [1.165, 1.54) is 25.4 Å². The first-order valence-electron chi connectivity index (χ1n) is 8.97. The molecule has 2 N–H and O–H groups in total. The van der Waals surface area contributed by atoms with Gasteiger partial charge in [0.2, 0.25) is 0 Å². The summed E-state index contributed by atoms with van der Waals surface area (Å²) >= 11 is 1.12. The fraction of sp³-hybridized carbons (Fsp3) is 0.143. The standard InChI is InChI=1S/C21H14F4N4O2S/c1-26-19(31)29-20-28-11-15(32-20)4-2-12-3-5-17(22)16(8-12)18(30)10-14-9-13(6-7-27-14)21(23,24)25/h3,5-9,11H,10H2,1H3,(H2,26,28,29,31). The minimum atomic E-state index is -4.58. The van der Waals surface area contributed by atoms with Gasteiger partial charge in [-0.1, -0.05) is 17.3 Å². The number of hydrogen-bond donors (Lipinski definition) is 2. The van der Waals surface area contributed by atoms with Crippen LogP contribution in [0, 0.1) is 17.7 Å². The predicted octanol–water partition coefficient (Wildman–Crippen LogP) is 4.27. The number of pyridine rings is 1. The summed E-state index contributed by atoms with van der Waals surface area (Å²) in [7, 11) is 1.46. The van der Waals surface area contributed by atoms with Gasteiger partial charge in [-0.2, -0.15) is 13.2 Å². The molecular weight excluding hydrogens is 448 g/mol. The van der Waals surface area contributed by atoms with E-state index in [0.29, 0.717) is 15.6 Å². The molecule has 0 saturated heterocycles. The molecule has 164 valence electrons. The summed E-state index contributed by atoms with van der Waals surface area (Å²) in [5.41, 5.74) is -1.05. The van der Waals surface area contributed by atoms with Crippen LogP contribution < -0.4 is 10.6 Å². The third-order valence-electron chi connectivity index (χ3n) is 4.04. The van der Waals surface area contributed by atoms with Crippen molar-refractivity contribution in [3.63, 3.8) is 0 Å². The van der Waals surface area contributed by atoms with Crippen LogP contribution in [-0.4, -0.2) is 28.8 Å². The maximum atomic E-state index is 14.2. The Labute approximate surface area is 183 Å². The van der Waals surface area contributed by atoms with E-state index in [1.54, 1.807) is 0 Å². The number of carbonyl (C=O) groups is 2. The Kier molecular flexibility index (Phi) is 6.85. The number of thiazole rings is 1. The lowest BCUT2D eigenvalue weighted by molar-refractivity contribution is -0.137. The number of hydrogen-bond acceptors (Lipinski definition) is 5. The number of benzene rings is 1. The summed E-state index contributed by atoms with van der Waals surface area (Å²) < 4.78 is 52.7. The number of carbonyl (C=O) groups excluding carboxylic acids is 2. The molecule has 11 heteroatoms. The van der Waals surface area contributed by atoms with Crippen LogP contribution in [0.25, 0.3) is 0 Å². The van der Waals surface area contributed by atoms with Crippen molar-refractivity contribution >= 4 is 28.3 Å². The summed E-state index contributed by atoms with van der Waals surface area (Å²) in [6.45, 7) is 0. The SMILES string of the molecule is CNC(=O)Nc1ncc(C#Cc2ccc(F)c(C(=O)Cc3cc(C(F)(F)F)ccn3)c2)s1. The highest BCUT2D eigenvalue weighted by Gasteiger charge is 2.30. The van der Waals surface area contributed by atoms with Gasteiger partial charge in [0.25, 0.3) is 0 Å². The first-order valence-corrected chi connectivity index (χ1v) is 9.79. The maximum Gasteiger partial charge on any atom is 0.416 e. The molecule has 0 aliphatic heterocycles. The summed E-state index contributed by atoms with van der Waals surface area (Å²) in [5, 5.41) is 5.21. The van der Waals surface area contributed by atoms with Crippen molar-refractivity contribution in [3.05, 3.63) is 75.8 Å². The monoisotopic (exact) mass is 462 g/mol. The number of rotatable bonds is 4. The lowest BCUT2D eigenvalue weighted by atomic mass is 10.0. The van der Waals surface area contributed by atoms with Gasteiger partial charge >= 0.3 is 12.2 Å². The second kappa shape index (κ2) is 9.57. The topological polar surface area (TPSA) is 84.0 Å². The van der Waals surface area contributed by atoms with Crippen molar-refractivity contribution in [2.45, 2.75) is 12.6 Å². The number of Topliss-reactive ketones (excluding diaryl/α,β-unsaturated/α-hetero) is 1. The molecule has 0 aliphatic rings. The van der Waals surface area contributed by atoms with E-state index in [2.05, 4.69) is 32.4 Å². The smallest absolute Gasteiger partial charge is 0.341 e. The molecule has 1 aromatic carbocycles. The molecule has 0 radical (unpaired) electrons. The van der Waals surface area contributed by atoms with Crippen molar-refractivity contribution in [1.29, 1.82) is 0 Å². The third kappa shape index (κ3) is 5.89. The normalized spacial score (nSPS) is 10.8. The number of nitrogens with zero attached hydrogens (tertiary/aromatic N) is 2. The molecule has 6 nitrogen and oxygen atoms in total. The first-order chi connectivity index (χ1) is 15.2. The molecule has 0 unspecified atom stereocenters. The van der Waals surface area contributed by atoms with E-state index >= 15 is 0 Å². The van der Waals surface area contributed by atoms with Gasteiger partial charge in [0.15, 0.2) is 10.9 Å². The molecule has 32 heavy (non-hydrogen) atoms. The van der Waals surface area contributed by atoms with Crippen LogP contribution in [0.15, 0.2) is 42.7 Å². The Bertz CT molecular complexity index is 1230. The number of urea groups is 1. The Hall–Kier alpha value is -3.78. The Morgan fingerprint density at radius 1 is 1.12 bits per heavy atom. The highest BCUT2D eigenvalue weighted by atomic mass is 32.1. The molecule has 0 atom stereocenters. The van der Waals surface area contributed by atoms with Crippen LogP contribution in [0.5, 0.6) is 0 Å². The number of anilines is 1. The van der Waals surface area contributed by atoms with Gasteiger partial charge in [-0.05, 0) is 36.3 Å². The van der Waals surface area contributed by atoms with E-state index < -0.39 is 35.8 Å². The maximum absolute atomic E-state index is 14.2. The highest BCUT2D eigenvalue weighted by Crippen LogP contribution is 2.29. The quantitative estimate of drug-likeness (QED) is 0.345. The molecule has 2 aromatic heterocycles. The van der Waals surface area contributed by atoms with Gasteiger partial charge in [0.05, 0.1) is 28.6 Å². The summed E-state index contributed by atoms with van der Waals surface area (Å²) in [4.78, 5) is 32.0. The van der Waals surface area contributed by atoms with Gasteiger partial charge in [0, 0.05) is 24.5 Å². The molecule has 0 saturated carbocycles. The largest absolute Gasteiger partial charge is 0.416 e. The van der Waals surface area contributed by atoms with E-state index in [9.17, 15) is 27.2 Å². The van der Waals surface area contributed by atoms with Crippen LogP contribution >= 0.6 is 11.3 Å². The molecule has 2 heterocycles. The zero-order valence-electron chi connectivity index (χ0n) is 16.4. The molecule has 0 bridgehead atoms. The number of aromatic nitrogens is 2. The highest BCUT2D eigenvalue weighted by molar-refractivity contribution is 7.16. The Morgan fingerprint density at radius 3 is 2.62 bits per heavy atom. The van der Waals surface area contributed by atoms with Gasteiger partial charge in [-0.15, -0.1) is 0 Å². The van der Waals surface area contributed by atoms with Crippen LogP contribution in [0.3, 0.4) is 0 Å². The van der Waals surface area contributed by atoms with Gasteiger partial charge < -0.3 is 5.32 Å². The van der Waals surface area contributed by atoms with Crippen molar-refractivity contribution in [3.8, 4) is 11.8 Å². The Morgan fingerprint density at radius 2 is 1.91 bits per heavy atom. The van der Waals surface area contributed by atoms with Crippen molar-refractivity contribution in [2.75, 3.05) is 12.4 Å². The Balaban J connectivity index is 1.77. The minimum Gasteiger partial charge on any atom is -0.341 e. The molecule has 2 amide bonds. The van der Waals surface area contributed by atoms with E-state index in [1.807, 2.05) is 0 Å². The lowest BCUT2D eigenvalue weighted by Crippen LogP contribution is -2.24. The fourth-order valence-corrected chi connectivity index (χ4v) is 3.18. The van der Waals surface area contributed by atoms with E-state index in [4.69, 9.17) is 0 Å². The summed E-state index contributed by atoms with van der Waals surface area (Å²) in [5.74, 6) is 4.01. The zero-order valence-corrected chi connectivity index (χ0v) is 17.2. The third-order valence-corrected chi connectivity index (χ3v) is 4.86. The average molecular weight is 462 g/mol. The molecule has 0 aliphatic carbocycles. The fourth-order valence-electron chi connectivity index (χ4n) is 2.51. The number of nitrogens with one attached hydrogen (secondary N) is 2. The number of amides is 2. The van der Waals surface area contributed by atoms with Crippen LogP contribution in [0.4, 0.5) is 27.5 Å². The molecule has 0 fully saturated rings. The van der Waals surface area contributed by atoms with Gasteiger partial charge in [0.1, 0.15) is 5.82 Å². The first kappa shape index (κ1) is 22.9. The number of ketones is 1. The van der Waals surface area contributed by atoms with Gasteiger partial charge in [-0.25, -0.2) is 14.2 Å². The van der Waals surface area contributed by atoms with Crippen molar-refractivity contribution in [1.82, 2.24) is 15.3 Å². The van der Waals surface area contributed by atoms with Crippen molar-refractivity contribution < 1.29 is 27.2 Å². The summed E-state index contributed by atoms with van der Waals surface area (Å²) in [6, 6.07) is 4.76.